The quantitative estimate of drug-likeness (QED) is 0.899. The molecule has 0 saturated heterocycles. The zero-order chi connectivity index (χ0) is 12.8. The van der Waals surface area contributed by atoms with Crippen LogP contribution in [0.4, 0.5) is 0 Å². The van der Waals surface area contributed by atoms with Crippen LogP contribution in [0.3, 0.4) is 0 Å². The van der Waals surface area contributed by atoms with E-state index in [-0.39, 0.29) is 0 Å². The van der Waals surface area contributed by atoms with Crippen molar-refractivity contribution in [3.05, 3.63) is 58.9 Å². The zero-order valence-corrected chi connectivity index (χ0v) is 10.9. The van der Waals surface area contributed by atoms with Crippen molar-refractivity contribution in [1.29, 1.82) is 0 Å². The van der Waals surface area contributed by atoms with E-state index >= 15 is 0 Å². The molecule has 0 bridgehead atoms. The van der Waals surface area contributed by atoms with E-state index in [2.05, 4.69) is 10.3 Å². The number of benzene rings is 1. The van der Waals surface area contributed by atoms with Crippen molar-refractivity contribution in [2.75, 3.05) is 7.05 Å². The average Bonchev–Trinajstić information content (AvgIpc) is 2.40. The Morgan fingerprint density at radius 1 is 1.22 bits per heavy atom. The monoisotopic (exact) mass is 262 g/mol. The molecule has 4 heteroatoms. The molecule has 1 heterocycles. The number of hydrogen-bond acceptors (Lipinski definition) is 3. The first-order valence-electron chi connectivity index (χ1n) is 5.74. The molecule has 0 fully saturated rings. The van der Waals surface area contributed by atoms with Crippen molar-refractivity contribution in [2.24, 2.45) is 0 Å². The molecule has 0 amide bonds. The van der Waals surface area contributed by atoms with Gasteiger partial charge in [-0.25, -0.2) is 0 Å². The Bertz CT molecular complexity index is 499. The van der Waals surface area contributed by atoms with Crippen LogP contribution < -0.4 is 10.1 Å². The van der Waals surface area contributed by atoms with Crippen LogP contribution >= 0.6 is 11.6 Å². The third kappa shape index (κ3) is 3.45. The van der Waals surface area contributed by atoms with Gasteiger partial charge < -0.3 is 10.1 Å². The van der Waals surface area contributed by atoms with Crippen molar-refractivity contribution in [2.45, 2.75) is 13.2 Å². The fraction of sp³-hybridized carbons (Fsp3) is 0.214. The third-order valence-corrected chi connectivity index (χ3v) is 2.80. The van der Waals surface area contributed by atoms with E-state index in [1.165, 1.54) is 0 Å². The van der Waals surface area contributed by atoms with Gasteiger partial charge in [-0.3, -0.25) is 4.98 Å². The van der Waals surface area contributed by atoms with E-state index in [1.54, 1.807) is 12.4 Å². The molecule has 18 heavy (non-hydrogen) atoms. The summed E-state index contributed by atoms with van der Waals surface area (Å²) in [5, 5.41) is 3.84. The third-order valence-electron chi connectivity index (χ3n) is 2.54. The summed E-state index contributed by atoms with van der Waals surface area (Å²) in [5.74, 6) is 0.807. The van der Waals surface area contributed by atoms with E-state index in [9.17, 15) is 0 Å². The molecule has 1 aromatic heterocycles. The molecular weight excluding hydrogens is 248 g/mol. The number of halogens is 1. The Labute approximate surface area is 112 Å². The number of aromatic nitrogens is 1. The second kappa shape index (κ2) is 6.38. The second-order valence-electron chi connectivity index (χ2n) is 3.93. The summed E-state index contributed by atoms with van der Waals surface area (Å²) < 4.78 is 5.77. The molecule has 0 aliphatic rings. The Hall–Kier alpha value is -1.58. The smallest absolute Gasteiger partial charge is 0.142 e. The summed E-state index contributed by atoms with van der Waals surface area (Å²) in [5.41, 5.74) is 2.18. The second-order valence-corrected chi connectivity index (χ2v) is 4.37. The number of nitrogens with zero attached hydrogens (tertiary/aromatic N) is 1. The Morgan fingerprint density at radius 2 is 2.00 bits per heavy atom. The van der Waals surface area contributed by atoms with Gasteiger partial charge in [-0.1, -0.05) is 23.7 Å². The topological polar surface area (TPSA) is 34.2 Å². The van der Waals surface area contributed by atoms with Gasteiger partial charge in [0.05, 0.1) is 6.20 Å². The molecule has 1 N–H and O–H groups in total. The van der Waals surface area contributed by atoms with Crippen LogP contribution in [0, 0.1) is 0 Å². The predicted octanol–water partition coefficient (Wildman–Crippen LogP) is 3.03. The Balaban J connectivity index is 2.03. The lowest BCUT2D eigenvalue weighted by molar-refractivity contribution is 0.301. The van der Waals surface area contributed by atoms with Crippen LogP contribution in [-0.4, -0.2) is 12.0 Å². The maximum absolute atomic E-state index is 5.84. The Morgan fingerprint density at radius 3 is 2.72 bits per heavy atom. The van der Waals surface area contributed by atoms with Crippen LogP contribution in [0.15, 0.2) is 42.7 Å². The molecule has 0 atom stereocenters. The molecule has 0 spiro atoms. The predicted molar refractivity (Wildman–Crippen MR) is 72.8 cm³/mol. The molecular formula is C14H15ClN2O. The number of pyridine rings is 1. The summed E-state index contributed by atoms with van der Waals surface area (Å²) >= 11 is 5.84. The van der Waals surface area contributed by atoms with Gasteiger partial charge in [0.1, 0.15) is 12.4 Å². The van der Waals surface area contributed by atoms with Gasteiger partial charge >= 0.3 is 0 Å². The van der Waals surface area contributed by atoms with Crippen LogP contribution in [0.1, 0.15) is 11.1 Å². The average molecular weight is 263 g/mol. The van der Waals surface area contributed by atoms with E-state index in [0.29, 0.717) is 6.61 Å². The molecule has 1 aromatic carbocycles. The SMILES string of the molecule is CNCc1ccncc1OCc1ccc(Cl)cc1. The van der Waals surface area contributed by atoms with Crippen molar-refractivity contribution < 1.29 is 4.74 Å². The minimum Gasteiger partial charge on any atom is -0.487 e. The largest absolute Gasteiger partial charge is 0.487 e. The van der Waals surface area contributed by atoms with E-state index in [0.717, 1.165) is 28.4 Å². The summed E-state index contributed by atoms with van der Waals surface area (Å²) in [7, 11) is 1.91. The number of rotatable bonds is 5. The summed E-state index contributed by atoms with van der Waals surface area (Å²) in [6.07, 6.45) is 3.50. The van der Waals surface area contributed by atoms with Gasteiger partial charge in [-0.2, -0.15) is 0 Å². The minimum absolute atomic E-state index is 0.513. The first-order chi connectivity index (χ1) is 8.79. The van der Waals surface area contributed by atoms with Crippen molar-refractivity contribution in [3.63, 3.8) is 0 Å². The highest BCUT2D eigenvalue weighted by molar-refractivity contribution is 6.30. The maximum atomic E-state index is 5.84. The van der Waals surface area contributed by atoms with Crippen molar-refractivity contribution in [1.82, 2.24) is 10.3 Å². The highest BCUT2D eigenvalue weighted by Gasteiger charge is 2.03. The van der Waals surface area contributed by atoms with Gasteiger partial charge in [0.2, 0.25) is 0 Å². The fourth-order valence-electron chi connectivity index (χ4n) is 1.62. The van der Waals surface area contributed by atoms with Gasteiger partial charge in [-0.15, -0.1) is 0 Å². The number of hydrogen-bond donors (Lipinski definition) is 1. The van der Waals surface area contributed by atoms with E-state index in [4.69, 9.17) is 16.3 Å². The van der Waals surface area contributed by atoms with Gasteiger partial charge in [0.25, 0.3) is 0 Å². The van der Waals surface area contributed by atoms with Crippen LogP contribution in [0.5, 0.6) is 5.75 Å². The first-order valence-corrected chi connectivity index (χ1v) is 6.12. The zero-order valence-electron chi connectivity index (χ0n) is 10.2. The minimum atomic E-state index is 0.513. The fourth-order valence-corrected chi connectivity index (χ4v) is 1.74. The molecule has 0 unspecified atom stereocenters. The lowest BCUT2D eigenvalue weighted by atomic mass is 10.2. The first kappa shape index (κ1) is 12.9. The summed E-state index contributed by atoms with van der Waals surface area (Å²) in [6.45, 7) is 1.28. The van der Waals surface area contributed by atoms with Crippen LogP contribution in [-0.2, 0) is 13.2 Å². The normalized spacial score (nSPS) is 10.3. The van der Waals surface area contributed by atoms with Crippen LogP contribution in [0.25, 0.3) is 0 Å². The summed E-state index contributed by atoms with van der Waals surface area (Å²) in [6, 6.07) is 9.58. The number of ether oxygens (including phenoxy) is 1. The standard InChI is InChI=1S/C14H15ClN2O/c1-16-8-12-6-7-17-9-14(12)18-10-11-2-4-13(15)5-3-11/h2-7,9,16H,8,10H2,1H3. The molecule has 2 aromatic rings. The number of nitrogens with one attached hydrogen (secondary N) is 1. The highest BCUT2D eigenvalue weighted by atomic mass is 35.5. The highest BCUT2D eigenvalue weighted by Crippen LogP contribution is 2.18. The van der Waals surface area contributed by atoms with E-state index in [1.807, 2.05) is 37.4 Å². The van der Waals surface area contributed by atoms with Gasteiger partial charge in [0.15, 0.2) is 0 Å². The lowest BCUT2D eigenvalue weighted by Crippen LogP contribution is -2.07. The molecule has 0 saturated carbocycles. The molecule has 2 rings (SSSR count). The molecule has 3 nitrogen and oxygen atoms in total. The lowest BCUT2D eigenvalue weighted by Gasteiger charge is -2.10. The maximum Gasteiger partial charge on any atom is 0.142 e. The molecule has 0 aliphatic carbocycles. The molecule has 0 radical (unpaired) electrons. The summed E-state index contributed by atoms with van der Waals surface area (Å²) in [4.78, 5) is 4.08. The molecule has 94 valence electrons. The van der Waals surface area contributed by atoms with Gasteiger partial charge in [-0.05, 0) is 30.8 Å². The van der Waals surface area contributed by atoms with Gasteiger partial charge in [0, 0.05) is 23.3 Å². The van der Waals surface area contributed by atoms with Crippen LogP contribution in [0.2, 0.25) is 5.02 Å². The van der Waals surface area contributed by atoms with E-state index < -0.39 is 0 Å². The van der Waals surface area contributed by atoms with Crippen molar-refractivity contribution in [3.8, 4) is 5.75 Å². The molecule has 0 aliphatic heterocycles. The Kier molecular flexibility index (Phi) is 4.56. The van der Waals surface area contributed by atoms with Crippen molar-refractivity contribution >= 4 is 11.6 Å².